The van der Waals surface area contributed by atoms with Crippen molar-refractivity contribution >= 4 is 11.7 Å². The third kappa shape index (κ3) is 4.70. The van der Waals surface area contributed by atoms with Gasteiger partial charge in [0.05, 0.1) is 30.9 Å². The fraction of sp³-hybridized carbons (Fsp3) is 0.323. The lowest BCUT2D eigenvalue weighted by molar-refractivity contribution is -0.127. The van der Waals surface area contributed by atoms with Gasteiger partial charge in [-0.1, -0.05) is 49.0 Å². The van der Waals surface area contributed by atoms with Crippen molar-refractivity contribution in [2.45, 2.75) is 44.2 Å². The zero-order valence-corrected chi connectivity index (χ0v) is 21.8. The lowest BCUT2D eigenvalue weighted by Gasteiger charge is -2.35. The zero-order valence-electron chi connectivity index (χ0n) is 21.8. The highest BCUT2D eigenvalue weighted by atomic mass is 16.5. The van der Waals surface area contributed by atoms with E-state index < -0.39 is 0 Å². The molecule has 1 N–H and O–H groups in total. The summed E-state index contributed by atoms with van der Waals surface area (Å²) in [5, 5.41) is 3.88. The second-order valence-corrected chi connectivity index (χ2v) is 10.2. The number of amides is 1. The smallest absolute Gasteiger partial charge is 0.245 e. The van der Waals surface area contributed by atoms with Crippen molar-refractivity contribution in [3.8, 4) is 28.3 Å². The number of nitrogens with one attached hydrogen (secondary N) is 1. The molecular formula is C31H33N5O2. The topological polar surface area (TPSA) is 71.8 Å². The maximum atomic E-state index is 11.9. The van der Waals surface area contributed by atoms with Gasteiger partial charge in [-0.25, -0.2) is 9.97 Å². The first kappa shape index (κ1) is 24.4. The van der Waals surface area contributed by atoms with Crippen LogP contribution >= 0.6 is 0 Å². The average Bonchev–Trinajstić information content (AvgIpc) is 3.36. The predicted molar refractivity (Wildman–Crippen MR) is 149 cm³/mol. The number of benzene rings is 2. The Labute approximate surface area is 223 Å². The highest BCUT2D eigenvalue weighted by molar-refractivity contribution is 5.87. The maximum absolute atomic E-state index is 11.9. The summed E-state index contributed by atoms with van der Waals surface area (Å²) in [5.41, 5.74) is 6.95. The molecule has 194 valence electrons. The molecule has 0 radical (unpaired) electrons. The molecule has 1 atom stereocenters. The minimum atomic E-state index is 0.0433. The van der Waals surface area contributed by atoms with E-state index in [1.165, 1.54) is 17.2 Å². The lowest BCUT2D eigenvalue weighted by atomic mass is 9.86. The SMILES string of the molecule is C=CC(=O)N1CCC(NC2CCc3cc(-c4nc5ncc(OC)cn5c4-c4ccccc4)ccc3C2)CC1. The third-order valence-corrected chi connectivity index (χ3v) is 7.90. The van der Waals surface area contributed by atoms with Crippen LogP contribution in [0.25, 0.3) is 28.3 Å². The number of likely N-dealkylation sites (tertiary alicyclic amines) is 1. The quantitative estimate of drug-likeness (QED) is 0.383. The summed E-state index contributed by atoms with van der Waals surface area (Å²) >= 11 is 0. The molecule has 0 saturated carbocycles. The molecule has 1 fully saturated rings. The van der Waals surface area contributed by atoms with E-state index in [4.69, 9.17) is 9.72 Å². The van der Waals surface area contributed by atoms with Crippen molar-refractivity contribution in [2.24, 2.45) is 0 Å². The van der Waals surface area contributed by atoms with Crippen LogP contribution in [0, 0.1) is 0 Å². The van der Waals surface area contributed by atoms with Gasteiger partial charge in [0.1, 0.15) is 0 Å². The summed E-state index contributed by atoms with van der Waals surface area (Å²) < 4.78 is 7.47. The van der Waals surface area contributed by atoms with E-state index in [-0.39, 0.29) is 5.91 Å². The highest BCUT2D eigenvalue weighted by Gasteiger charge is 2.26. The number of aryl methyl sites for hydroxylation is 1. The molecule has 2 aromatic carbocycles. The molecule has 38 heavy (non-hydrogen) atoms. The molecular weight excluding hydrogens is 474 g/mol. The number of hydrogen-bond donors (Lipinski definition) is 1. The van der Waals surface area contributed by atoms with E-state index >= 15 is 0 Å². The molecule has 2 aliphatic rings. The Kier molecular flexibility index (Phi) is 6.68. The fourth-order valence-electron chi connectivity index (χ4n) is 5.87. The molecule has 1 amide bonds. The second-order valence-electron chi connectivity index (χ2n) is 10.2. The van der Waals surface area contributed by atoms with Crippen LogP contribution in [0.15, 0.2) is 73.6 Å². The largest absolute Gasteiger partial charge is 0.494 e. The first-order chi connectivity index (χ1) is 18.6. The summed E-state index contributed by atoms with van der Waals surface area (Å²) in [6.07, 6.45) is 10.2. The van der Waals surface area contributed by atoms with Crippen LogP contribution in [-0.4, -0.2) is 57.5 Å². The van der Waals surface area contributed by atoms with Gasteiger partial charge in [0.2, 0.25) is 11.7 Å². The third-order valence-electron chi connectivity index (χ3n) is 7.90. The van der Waals surface area contributed by atoms with Crippen LogP contribution in [0.1, 0.15) is 30.4 Å². The second kappa shape index (κ2) is 10.4. The van der Waals surface area contributed by atoms with Crippen molar-refractivity contribution in [2.75, 3.05) is 20.2 Å². The summed E-state index contributed by atoms with van der Waals surface area (Å²) in [6, 6.07) is 18.1. The molecule has 1 aliphatic carbocycles. The van der Waals surface area contributed by atoms with Gasteiger partial charge in [0.25, 0.3) is 0 Å². The molecule has 1 unspecified atom stereocenters. The minimum Gasteiger partial charge on any atom is -0.494 e. The highest BCUT2D eigenvalue weighted by Crippen LogP contribution is 2.35. The van der Waals surface area contributed by atoms with Crippen LogP contribution < -0.4 is 10.1 Å². The first-order valence-electron chi connectivity index (χ1n) is 13.4. The van der Waals surface area contributed by atoms with Gasteiger partial charge >= 0.3 is 0 Å². The van der Waals surface area contributed by atoms with Gasteiger partial charge in [-0.3, -0.25) is 9.20 Å². The summed E-state index contributed by atoms with van der Waals surface area (Å²) in [4.78, 5) is 23.3. The molecule has 2 aromatic heterocycles. The Morgan fingerprint density at radius 1 is 1.05 bits per heavy atom. The van der Waals surface area contributed by atoms with Gasteiger partial charge in [0, 0.05) is 36.3 Å². The Bertz CT molecular complexity index is 1470. The number of methoxy groups -OCH3 is 1. The van der Waals surface area contributed by atoms with E-state index in [1.54, 1.807) is 13.3 Å². The van der Waals surface area contributed by atoms with E-state index in [1.807, 2.05) is 33.7 Å². The number of imidazole rings is 1. The van der Waals surface area contributed by atoms with Gasteiger partial charge in [0.15, 0.2) is 5.75 Å². The molecule has 0 spiro atoms. The first-order valence-corrected chi connectivity index (χ1v) is 13.4. The van der Waals surface area contributed by atoms with Crippen LogP contribution in [0.3, 0.4) is 0 Å². The van der Waals surface area contributed by atoms with Crippen LogP contribution in [0.4, 0.5) is 0 Å². The van der Waals surface area contributed by atoms with Crippen molar-refractivity contribution in [3.63, 3.8) is 0 Å². The number of piperidine rings is 1. The van der Waals surface area contributed by atoms with Crippen LogP contribution in [-0.2, 0) is 17.6 Å². The molecule has 0 bridgehead atoms. The van der Waals surface area contributed by atoms with Gasteiger partial charge in [-0.05, 0) is 55.4 Å². The van der Waals surface area contributed by atoms with Crippen molar-refractivity contribution in [1.29, 1.82) is 0 Å². The number of carbonyl (C=O) groups is 1. The maximum Gasteiger partial charge on any atom is 0.245 e. The Hall–Kier alpha value is -3.97. The Balaban J connectivity index is 1.24. The molecule has 1 saturated heterocycles. The predicted octanol–water partition coefficient (Wildman–Crippen LogP) is 4.70. The number of fused-ring (bicyclic) bond motifs is 2. The molecule has 7 nitrogen and oxygen atoms in total. The molecule has 3 heterocycles. The number of rotatable bonds is 6. The molecule has 1 aliphatic heterocycles. The lowest BCUT2D eigenvalue weighted by Crippen LogP contribution is -2.48. The normalized spacial score (nSPS) is 17.8. The number of ether oxygens (including phenoxy) is 1. The van der Waals surface area contributed by atoms with Crippen LogP contribution in [0.2, 0.25) is 0 Å². The van der Waals surface area contributed by atoms with Crippen molar-refractivity contribution in [1.82, 2.24) is 24.6 Å². The summed E-state index contributed by atoms with van der Waals surface area (Å²) in [6.45, 7) is 5.22. The van der Waals surface area contributed by atoms with Gasteiger partial charge < -0.3 is 15.0 Å². The van der Waals surface area contributed by atoms with Gasteiger partial charge in [-0.2, -0.15) is 0 Å². The minimum absolute atomic E-state index is 0.0433. The zero-order chi connectivity index (χ0) is 26.1. The summed E-state index contributed by atoms with van der Waals surface area (Å²) in [5.74, 6) is 1.39. The fourth-order valence-corrected chi connectivity index (χ4v) is 5.87. The Morgan fingerprint density at radius 2 is 1.87 bits per heavy atom. The van der Waals surface area contributed by atoms with Crippen LogP contribution in [0.5, 0.6) is 5.75 Å². The summed E-state index contributed by atoms with van der Waals surface area (Å²) in [7, 11) is 1.65. The average molecular weight is 508 g/mol. The number of nitrogens with zero attached hydrogens (tertiary/aromatic N) is 4. The van der Waals surface area contributed by atoms with Crippen molar-refractivity contribution < 1.29 is 9.53 Å². The van der Waals surface area contributed by atoms with Crippen molar-refractivity contribution in [3.05, 3.63) is 84.7 Å². The number of aromatic nitrogens is 3. The van der Waals surface area contributed by atoms with E-state index in [9.17, 15) is 4.79 Å². The Morgan fingerprint density at radius 3 is 2.63 bits per heavy atom. The standard InChI is InChI=1S/C31H33N5O2/c1-3-28(37)35-15-13-25(14-16-35)33-26-12-11-22-17-24(10-9-23(22)18-26)29-30(21-7-5-4-6-8-21)36-20-27(38-2)19-32-31(36)34-29/h3-10,17,19-20,25-26,33H,1,11-16,18H2,2H3. The molecule has 4 aromatic rings. The number of carbonyl (C=O) groups excluding carboxylic acids is 1. The molecule has 7 heteroatoms. The van der Waals surface area contributed by atoms with E-state index in [0.29, 0.717) is 23.6 Å². The van der Waals surface area contributed by atoms with E-state index in [0.717, 1.165) is 67.7 Å². The monoisotopic (exact) mass is 507 g/mol. The number of hydrogen-bond acceptors (Lipinski definition) is 5. The van der Waals surface area contributed by atoms with E-state index in [2.05, 4.69) is 47.2 Å². The van der Waals surface area contributed by atoms with Gasteiger partial charge in [-0.15, -0.1) is 0 Å². The molecule has 6 rings (SSSR count).